The molecule has 7 nitrogen and oxygen atoms in total. The molecule has 0 bridgehead atoms. The standard InChI is InChI=1S/C24H28N4O3/c1-17(2)16-28-20-10-6-5-9-19(20)25-22(24(28)30)26-12-14-27(15-13-26)23(29)18-8-4-7-11-21(18)31-3/h4-11,17H,12-16H2,1-3H3. The fourth-order valence-corrected chi connectivity index (χ4v) is 4.04. The summed E-state index contributed by atoms with van der Waals surface area (Å²) in [5.74, 6) is 1.32. The van der Waals surface area contributed by atoms with Crippen molar-refractivity contribution in [2.45, 2.75) is 20.4 Å². The number of benzene rings is 2. The summed E-state index contributed by atoms with van der Waals surface area (Å²) in [6.07, 6.45) is 0. The van der Waals surface area contributed by atoms with Crippen LogP contribution >= 0.6 is 0 Å². The second kappa shape index (κ2) is 8.79. The number of amides is 1. The zero-order chi connectivity index (χ0) is 22.0. The van der Waals surface area contributed by atoms with Crippen molar-refractivity contribution in [3.63, 3.8) is 0 Å². The second-order valence-electron chi connectivity index (χ2n) is 8.21. The zero-order valence-electron chi connectivity index (χ0n) is 18.2. The van der Waals surface area contributed by atoms with Crippen molar-refractivity contribution in [1.29, 1.82) is 0 Å². The van der Waals surface area contributed by atoms with E-state index < -0.39 is 0 Å². The normalized spacial score (nSPS) is 14.3. The molecule has 1 aliphatic heterocycles. The molecule has 1 fully saturated rings. The number of anilines is 1. The maximum Gasteiger partial charge on any atom is 0.294 e. The van der Waals surface area contributed by atoms with Crippen LogP contribution in [0.1, 0.15) is 24.2 Å². The van der Waals surface area contributed by atoms with Crippen LogP contribution in [0.3, 0.4) is 0 Å². The lowest BCUT2D eigenvalue weighted by Gasteiger charge is -2.35. The Bertz CT molecular complexity index is 1150. The fraction of sp³-hybridized carbons (Fsp3) is 0.375. The predicted octanol–water partition coefficient (Wildman–Crippen LogP) is 3.02. The summed E-state index contributed by atoms with van der Waals surface area (Å²) in [7, 11) is 1.57. The molecular formula is C24H28N4O3. The van der Waals surface area contributed by atoms with Crippen molar-refractivity contribution in [2.75, 3.05) is 38.2 Å². The van der Waals surface area contributed by atoms with Crippen LogP contribution in [0.4, 0.5) is 5.82 Å². The topological polar surface area (TPSA) is 67.7 Å². The minimum absolute atomic E-state index is 0.0548. The van der Waals surface area contributed by atoms with Gasteiger partial charge in [0.1, 0.15) is 5.75 Å². The zero-order valence-corrected chi connectivity index (χ0v) is 18.2. The first-order valence-electron chi connectivity index (χ1n) is 10.7. The molecule has 0 atom stereocenters. The Labute approximate surface area is 181 Å². The Hall–Kier alpha value is -3.35. The summed E-state index contributed by atoms with van der Waals surface area (Å²) in [4.78, 5) is 34.8. The van der Waals surface area contributed by atoms with E-state index in [1.54, 1.807) is 19.2 Å². The molecule has 1 saturated heterocycles. The van der Waals surface area contributed by atoms with Crippen molar-refractivity contribution in [3.05, 3.63) is 64.4 Å². The van der Waals surface area contributed by atoms with E-state index >= 15 is 0 Å². The van der Waals surface area contributed by atoms with Crippen LogP contribution in [-0.4, -0.2) is 53.6 Å². The van der Waals surface area contributed by atoms with Crippen molar-refractivity contribution in [2.24, 2.45) is 5.92 Å². The van der Waals surface area contributed by atoms with Gasteiger partial charge in [-0.15, -0.1) is 0 Å². The van der Waals surface area contributed by atoms with Gasteiger partial charge in [0.2, 0.25) is 0 Å². The highest BCUT2D eigenvalue weighted by Gasteiger charge is 2.26. The smallest absolute Gasteiger partial charge is 0.294 e. The number of ether oxygens (including phenoxy) is 1. The Morgan fingerprint density at radius 1 is 1.03 bits per heavy atom. The molecule has 4 rings (SSSR count). The predicted molar refractivity (Wildman–Crippen MR) is 122 cm³/mol. The number of methoxy groups -OCH3 is 1. The molecule has 162 valence electrons. The third-order valence-electron chi connectivity index (χ3n) is 5.59. The van der Waals surface area contributed by atoms with Gasteiger partial charge in [-0.1, -0.05) is 38.1 Å². The molecule has 2 heterocycles. The highest BCUT2D eigenvalue weighted by atomic mass is 16.5. The first kappa shape index (κ1) is 20.9. The number of aromatic nitrogens is 2. The molecule has 0 spiro atoms. The summed E-state index contributed by atoms with van der Waals surface area (Å²) >= 11 is 0. The number of nitrogens with zero attached hydrogens (tertiary/aromatic N) is 4. The van der Waals surface area contributed by atoms with Gasteiger partial charge in [0.25, 0.3) is 11.5 Å². The van der Waals surface area contributed by atoms with Crippen LogP contribution in [0, 0.1) is 5.92 Å². The summed E-state index contributed by atoms with van der Waals surface area (Å²) in [5.41, 5.74) is 2.15. The minimum atomic E-state index is -0.0723. The van der Waals surface area contributed by atoms with Crippen molar-refractivity contribution in [3.8, 4) is 5.75 Å². The summed E-state index contributed by atoms with van der Waals surface area (Å²) < 4.78 is 7.17. The van der Waals surface area contributed by atoms with E-state index in [0.29, 0.717) is 55.8 Å². The Morgan fingerprint density at radius 2 is 1.71 bits per heavy atom. The van der Waals surface area contributed by atoms with Gasteiger partial charge in [0.05, 0.1) is 23.7 Å². The van der Waals surface area contributed by atoms with E-state index in [1.165, 1.54) is 0 Å². The lowest BCUT2D eigenvalue weighted by molar-refractivity contribution is 0.0743. The Balaban J connectivity index is 1.58. The monoisotopic (exact) mass is 420 g/mol. The molecule has 0 radical (unpaired) electrons. The highest BCUT2D eigenvalue weighted by molar-refractivity contribution is 5.97. The molecule has 0 saturated carbocycles. The molecular weight excluding hydrogens is 392 g/mol. The number of carbonyl (C=O) groups excluding carboxylic acids is 1. The number of hydrogen-bond donors (Lipinski definition) is 0. The van der Waals surface area contributed by atoms with Gasteiger partial charge in [-0.05, 0) is 30.2 Å². The molecule has 0 N–H and O–H groups in total. The number of hydrogen-bond acceptors (Lipinski definition) is 5. The number of para-hydroxylation sites is 3. The molecule has 31 heavy (non-hydrogen) atoms. The van der Waals surface area contributed by atoms with Gasteiger partial charge >= 0.3 is 0 Å². The summed E-state index contributed by atoms with van der Waals surface area (Å²) in [6.45, 7) is 7.00. The lowest BCUT2D eigenvalue weighted by Crippen LogP contribution is -2.50. The van der Waals surface area contributed by atoms with Gasteiger partial charge < -0.3 is 19.1 Å². The van der Waals surface area contributed by atoms with Gasteiger partial charge in [0.15, 0.2) is 5.82 Å². The van der Waals surface area contributed by atoms with Crippen molar-refractivity contribution < 1.29 is 9.53 Å². The molecule has 7 heteroatoms. The Kier molecular flexibility index (Phi) is 5.93. The molecule has 1 aliphatic rings. The maximum atomic E-state index is 13.3. The van der Waals surface area contributed by atoms with E-state index in [0.717, 1.165) is 11.0 Å². The molecule has 0 aliphatic carbocycles. The summed E-state index contributed by atoms with van der Waals surface area (Å²) in [6, 6.07) is 15.0. The van der Waals surface area contributed by atoms with Gasteiger partial charge in [-0.25, -0.2) is 4.98 Å². The largest absolute Gasteiger partial charge is 0.496 e. The first-order chi connectivity index (χ1) is 15.0. The van der Waals surface area contributed by atoms with Crippen molar-refractivity contribution in [1.82, 2.24) is 14.5 Å². The van der Waals surface area contributed by atoms with Crippen LogP contribution in [-0.2, 0) is 6.54 Å². The lowest BCUT2D eigenvalue weighted by atomic mass is 10.1. The van der Waals surface area contributed by atoms with E-state index in [-0.39, 0.29) is 11.5 Å². The van der Waals surface area contributed by atoms with Crippen LogP contribution in [0.2, 0.25) is 0 Å². The third-order valence-corrected chi connectivity index (χ3v) is 5.59. The number of fused-ring (bicyclic) bond motifs is 1. The quantitative estimate of drug-likeness (QED) is 0.635. The molecule has 1 amide bonds. The van der Waals surface area contributed by atoms with E-state index in [1.807, 2.05) is 50.8 Å². The van der Waals surface area contributed by atoms with Crippen LogP contribution < -0.4 is 15.2 Å². The Morgan fingerprint density at radius 3 is 2.42 bits per heavy atom. The van der Waals surface area contributed by atoms with Crippen LogP contribution in [0.25, 0.3) is 11.0 Å². The maximum absolute atomic E-state index is 13.3. The van der Waals surface area contributed by atoms with E-state index in [9.17, 15) is 9.59 Å². The molecule has 2 aromatic carbocycles. The van der Waals surface area contributed by atoms with Gasteiger partial charge in [0, 0.05) is 32.7 Å². The average Bonchev–Trinajstić information content (AvgIpc) is 2.80. The molecule has 0 unspecified atom stereocenters. The fourth-order valence-electron chi connectivity index (χ4n) is 4.04. The number of piperazine rings is 1. The summed E-state index contributed by atoms with van der Waals surface area (Å²) in [5, 5.41) is 0. The molecule has 3 aromatic rings. The second-order valence-corrected chi connectivity index (χ2v) is 8.21. The average molecular weight is 421 g/mol. The SMILES string of the molecule is COc1ccccc1C(=O)N1CCN(c2nc3ccccc3n(CC(C)C)c2=O)CC1. The number of rotatable bonds is 5. The third kappa shape index (κ3) is 4.13. The van der Waals surface area contributed by atoms with Gasteiger partial charge in [-0.3, -0.25) is 9.59 Å². The van der Waals surface area contributed by atoms with Crippen LogP contribution in [0.15, 0.2) is 53.3 Å². The first-order valence-corrected chi connectivity index (χ1v) is 10.7. The highest BCUT2D eigenvalue weighted by Crippen LogP contribution is 2.21. The van der Waals surface area contributed by atoms with Crippen molar-refractivity contribution >= 4 is 22.8 Å². The van der Waals surface area contributed by atoms with E-state index in [4.69, 9.17) is 9.72 Å². The number of carbonyl (C=O) groups is 1. The van der Waals surface area contributed by atoms with E-state index in [2.05, 4.69) is 13.8 Å². The van der Waals surface area contributed by atoms with Crippen LogP contribution in [0.5, 0.6) is 5.75 Å². The van der Waals surface area contributed by atoms with Gasteiger partial charge in [-0.2, -0.15) is 0 Å². The molecule has 1 aromatic heterocycles. The minimum Gasteiger partial charge on any atom is -0.496 e.